The fourth-order valence-electron chi connectivity index (χ4n) is 0.400. The van der Waals surface area contributed by atoms with E-state index in [0.717, 1.165) is 0 Å². The lowest BCUT2D eigenvalue weighted by molar-refractivity contribution is -0.132. The maximum absolute atomic E-state index is 10.3. The van der Waals surface area contributed by atoms with Crippen LogP contribution in [0.25, 0.3) is 0 Å². The summed E-state index contributed by atoms with van der Waals surface area (Å²) in [5.41, 5.74) is 2.35. The Labute approximate surface area is 64.1 Å². The first kappa shape index (κ1) is 9.02. The molecule has 0 saturated heterocycles. The van der Waals surface area contributed by atoms with E-state index in [-0.39, 0.29) is 10.6 Å². The monoisotopic (exact) mass is 158 g/mol. The molecule has 0 aromatic rings. The van der Waals surface area contributed by atoms with Crippen LogP contribution in [0.2, 0.25) is 0 Å². The summed E-state index contributed by atoms with van der Waals surface area (Å²) in [6.07, 6.45) is 1.47. The molecule has 0 aliphatic carbocycles. The Kier molecular flexibility index (Phi) is 3.55. The molecule has 1 N–H and O–H groups in total. The Bertz CT molecular complexity index is 206. The molecule has 10 heavy (non-hydrogen) atoms. The minimum Gasteiger partial charge on any atom is -0.477 e. The number of rotatable bonds is 2. The first-order valence-corrected chi connectivity index (χ1v) is 2.96. The van der Waals surface area contributed by atoms with Gasteiger partial charge in [0, 0.05) is 0 Å². The van der Waals surface area contributed by atoms with Gasteiger partial charge in [0.05, 0.1) is 5.03 Å². The molecule has 0 unspecified atom stereocenters. The van der Waals surface area contributed by atoms with Crippen molar-refractivity contribution >= 4 is 17.6 Å². The average Bonchev–Trinajstić information content (AvgIpc) is 1.81. The molecule has 0 amide bonds. The van der Waals surface area contributed by atoms with Gasteiger partial charge in [0.15, 0.2) is 0 Å². The fourth-order valence-corrected chi connectivity index (χ4v) is 0.536. The number of carbonyl (C=O) groups is 1. The van der Waals surface area contributed by atoms with Crippen molar-refractivity contribution in [1.82, 2.24) is 0 Å². The highest BCUT2D eigenvalue weighted by Crippen LogP contribution is 2.09. The minimum absolute atomic E-state index is 0.00870. The lowest BCUT2D eigenvalue weighted by atomic mass is 10.3. The van der Waals surface area contributed by atoms with E-state index in [1.165, 1.54) is 6.08 Å². The van der Waals surface area contributed by atoms with Crippen molar-refractivity contribution in [3.63, 3.8) is 0 Å². The van der Waals surface area contributed by atoms with Crippen LogP contribution in [0.4, 0.5) is 0 Å². The molecule has 0 saturated carbocycles. The summed E-state index contributed by atoms with van der Waals surface area (Å²) >= 11 is 5.32. The molecule has 54 valence electrons. The third-order valence-electron chi connectivity index (χ3n) is 0.774. The molecular weight excluding hydrogens is 152 g/mol. The van der Waals surface area contributed by atoms with Crippen molar-refractivity contribution in [3.8, 4) is 0 Å². The standard InChI is InChI=1S/C7H7ClO2/c1-3-4-6(5(2)8)7(9)10/h3H,2H2,1H3,(H,9,10). The van der Waals surface area contributed by atoms with Crippen LogP contribution in [0.15, 0.2) is 29.0 Å². The predicted octanol–water partition coefficient (Wildman–Crippen LogP) is 1.92. The Balaban J connectivity index is 4.79. The van der Waals surface area contributed by atoms with E-state index in [9.17, 15) is 4.79 Å². The van der Waals surface area contributed by atoms with Gasteiger partial charge in [-0.2, -0.15) is 0 Å². The van der Waals surface area contributed by atoms with E-state index >= 15 is 0 Å². The highest BCUT2D eigenvalue weighted by molar-refractivity contribution is 6.34. The largest absolute Gasteiger partial charge is 0.477 e. The van der Waals surface area contributed by atoms with Crippen LogP contribution < -0.4 is 0 Å². The molecule has 0 bridgehead atoms. The zero-order valence-electron chi connectivity index (χ0n) is 5.52. The lowest BCUT2D eigenvalue weighted by Crippen LogP contribution is -1.98. The van der Waals surface area contributed by atoms with E-state index in [0.29, 0.717) is 0 Å². The zero-order chi connectivity index (χ0) is 8.15. The van der Waals surface area contributed by atoms with Crippen LogP contribution in [0.3, 0.4) is 0 Å². The van der Waals surface area contributed by atoms with Crippen LogP contribution in [0.5, 0.6) is 0 Å². The van der Waals surface area contributed by atoms with Gasteiger partial charge in [-0.25, -0.2) is 4.79 Å². The zero-order valence-corrected chi connectivity index (χ0v) is 6.27. The van der Waals surface area contributed by atoms with Gasteiger partial charge in [-0.15, -0.1) is 5.73 Å². The summed E-state index contributed by atoms with van der Waals surface area (Å²) in [4.78, 5) is 10.3. The van der Waals surface area contributed by atoms with Crippen molar-refractivity contribution in [2.24, 2.45) is 0 Å². The minimum atomic E-state index is -1.11. The fraction of sp³-hybridized carbons (Fsp3) is 0.143. The van der Waals surface area contributed by atoms with E-state index in [2.05, 4.69) is 12.3 Å². The molecule has 0 aromatic carbocycles. The normalized spacial score (nSPS) is 7.80. The first-order chi connectivity index (χ1) is 4.59. The second-order valence-corrected chi connectivity index (χ2v) is 1.97. The molecule has 0 rings (SSSR count). The van der Waals surface area contributed by atoms with E-state index in [4.69, 9.17) is 16.7 Å². The van der Waals surface area contributed by atoms with Gasteiger partial charge >= 0.3 is 5.97 Å². The molecule has 0 aliphatic rings. The molecule has 0 fully saturated rings. The molecule has 0 aliphatic heterocycles. The van der Waals surface area contributed by atoms with Gasteiger partial charge in [-0.1, -0.05) is 18.2 Å². The van der Waals surface area contributed by atoms with Gasteiger partial charge in [-0.3, -0.25) is 0 Å². The van der Waals surface area contributed by atoms with Crippen LogP contribution >= 0.6 is 11.6 Å². The summed E-state index contributed by atoms with van der Waals surface area (Å²) in [6, 6.07) is 0. The number of carboxylic acid groups (broad SMARTS) is 1. The van der Waals surface area contributed by atoms with E-state index in [1.807, 2.05) is 0 Å². The van der Waals surface area contributed by atoms with Gasteiger partial charge in [0.25, 0.3) is 0 Å². The molecule has 0 radical (unpaired) electrons. The first-order valence-electron chi connectivity index (χ1n) is 2.59. The second-order valence-electron chi connectivity index (χ2n) is 1.52. The highest BCUT2D eigenvalue weighted by Gasteiger charge is 2.06. The summed E-state index contributed by atoms with van der Waals surface area (Å²) in [5, 5.41) is 8.40. The molecule has 0 spiro atoms. The number of carboxylic acids is 1. The number of aliphatic carboxylic acids is 1. The molecular formula is C7H7ClO2. The molecule has 3 heteroatoms. The molecule has 0 aromatic heterocycles. The Hall–Kier alpha value is -0.980. The van der Waals surface area contributed by atoms with Gasteiger partial charge in [0.1, 0.15) is 5.57 Å². The molecule has 2 nitrogen and oxygen atoms in total. The van der Waals surface area contributed by atoms with Crippen molar-refractivity contribution in [3.05, 3.63) is 29.0 Å². The van der Waals surface area contributed by atoms with Crippen LogP contribution in [-0.4, -0.2) is 11.1 Å². The Morgan fingerprint density at radius 1 is 1.80 bits per heavy atom. The predicted molar refractivity (Wildman–Crippen MR) is 39.9 cm³/mol. The number of halogens is 1. The maximum atomic E-state index is 10.3. The van der Waals surface area contributed by atoms with Crippen LogP contribution in [0.1, 0.15) is 6.92 Å². The summed E-state index contributed by atoms with van der Waals surface area (Å²) in [6.45, 7) is 4.92. The van der Waals surface area contributed by atoms with Crippen LogP contribution in [0, 0.1) is 0 Å². The summed E-state index contributed by atoms with van der Waals surface area (Å²) in [7, 11) is 0. The van der Waals surface area contributed by atoms with E-state index in [1.54, 1.807) is 6.92 Å². The van der Waals surface area contributed by atoms with Crippen molar-refractivity contribution in [1.29, 1.82) is 0 Å². The maximum Gasteiger partial charge on any atom is 0.345 e. The topological polar surface area (TPSA) is 37.3 Å². The average molecular weight is 159 g/mol. The van der Waals surface area contributed by atoms with Crippen LogP contribution in [-0.2, 0) is 4.79 Å². The highest BCUT2D eigenvalue weighted by atomic mass is 35.5. The lowest BCUT2D eigenvalue weighted by Gasteiger charge is -1.91. The van der Waals surface area contributed by atoms with Crippen molar-refractivity contribution in [2.75, 3.05) is 0 Å². The van der Waals surface area contributed by atoms with Crippen molar-refractivity contribution < 1.29 is 9.90 Å². The number of hydrogen-bond acceptors (Lipinski definition) is 1. The Morgan fingerprint density at radius 2 is 2.30 bits per heavy atom. The number of hydrogen-bond donors (Lipinski definition) is 1. The van der Waals surface area contributed by atoms with Gasteiger partial charge in [0.2, 0.25) is 0 Å². The van der Waals surface area contributed by atoms with Gasteiger partial charge in [-0.05, 0) is 13.0 Å². The molecule has 0 atom stereocenters. The van der Waals surface area contributed by atoms with Crippen molar-refractivity contribution in [2.45, 2.75) is 6.92 Å². The quantitative estimate of drug-likeness (QED) is 0.379. The summed E-state index contributed by atoms with van der Waals surface area (Å²) < 4.78 is 0. The van der Waals surface area contributed by atoms with Gasteiger partial charge < -0.3 is 5.11 Å². The third-order valence-corrected chi connectivity index (χ3v) is 0.963. The third kappa shape index (κ3) is 2.53. The Morgan fingerprint density at radius 3 is 2.40 bits per heavy atom. The smallest absolute Gasteiger partial charge is 0.345 e. The SMILES string of the molecule is C=C(Cl)C(=C=CC)C(=O)O. The molecule has 0 heterocycles. The second kappa shape index (κ2) is 3.94. The summed E-state index contributed by atoms with van der Waals surface area (Å²) in [5.74, 6) is -1.11. The van der Waals surface area contributed by atoms with E-state index < -0.39 is 5.97 Å².